The Labute approximate surface area is 326 Å². The number of carboxylic acids is 1. The van der Waals surface area contributed by atoms with E-state index in [1.165, 1.54) is 17.1 Å². The van der Waals surface area contributed by atoms with Crippen LogP contribution in [0.2, 0.25) is 0 Å². The van der Waals surface area contributed by atoms with Gasteiger partial charge in [0.05, 0.1) is 24.9 Å². The summed E-state index contributed by atoms with van der Waals surface area (Å²) in [5, 5.41) is 18.6. The highest BCUT2D eigenvalue weighted by atomic mass is 16.6. The Bertz CT molecular complexity index is 2000. The molecule has 2 heterocycles. The molecule has 1 aromatic heterocycles. The summed E-state index contributed by atoms with van der Waals surface area (Å²) >= 11 is 0. The van der Waals surface area contributed by atoms with Crippen molar-refractivity contribution in [2.75, 3.05) is 40.8 Å². The average Bonchev–Trinajstić information content (AvgIpc) is 3.71. The van der Waals surface area contributed by atoms with Crippen LogP contribution in [0.5, 0.6) is 11.5 Å². The second-order valence-corrected chi connectivity index (χ2v) is 15.2. The molecule has 2 aliphatic rings. The summed E-state index contributed by atoms with van der Waals surface area (Å²) in [6, 6.07) is 14.1. The first-order valence-corrected chi connectivity index (χ1v) is 18.3. The van der Waals surface area contributed by atoms with Crippen LogP contribution in [-0.2, 0) is 23.9 Å². The molecule has 2 fully saturated rings. The molecule has 1 aliphatic carbocycles. The van der Waals surface area contributed by atoms with Crippen molar-refractivity contribution in [2.24, 2.45) is 5.92 Å². The zero-order chi connectivity index (χ0) is 40.8. The number of likely N-dealkylation sites (N-methyl/N-ethyl adjacent to an activating group) is 1. The van der Waals surface area contributed by atoms with Crippen molar-refractivity contribution in [3.63, 3.8) is 0 Å². The summed E-state index contributed by atoms with van der Waals surface area (Å²) in [6.45, 7) is 8.74. The molecule has 298 valence electrons. The molecule has 0 unspecified atom stereocenters. The summed E-state index contributed by atoms with van der Waals surface area (Å²) in [7, 11) is 5.24. The number of carboxylic acid groups (broad SMARTS) is 1. The highest BCUT2D eigenvalue weighted by Crippen LogP contribution is 2.45. The predicted molar refractivity (Wildman–Crippen MR) is 209 cm³/mol. The van der Waals surface area contributed by atoms with Crippen LogP contribution in [0.3, 0.4) is 0 Å². The maximum absolute atomic E-state index is 14.5. The standard InChI is InChI=1S/C41H50N6O9/c1-8-26-22-41(26,38(51)52)45-36(49)33-20-28(55-34-21-30(25-13-10-9-11-14-25)43-31-19-27(54-7)16-17-29(31)34)24-47(33)37(50)32(44-39(53)56-40(2,3)4)23-42-35(48)15-12-18-46(5)6/h8-17,19,21,26,28,32-33H,1,18,20,22-24H2,2-7H3,(H,42,48)(H,44,53)(H,45,49)(H,51,52)/t26-,28-,32+,33+,41-/m1/s1. The molecule has 2 aromatic carbocycles. The third-order valence-corrected chi connectivity index (χ3v) is 9.43. The van der Waals surface area contributed by atoms with Gasteiger partial charge in [-0.05, 0) is 53.4 Å². The third-order valence-electron chi connectivity index (χ3n) is 9.43. The number of hydrogen-bond donors (Lipinski definition) is 4. The van der Waals surface area contributed by atoms with E-state index in [2.05, 4.69) is 22.5 Å². The summed E-state index contributed by atoms with van der Waals surface area (Å²) < 4.78 is 17.5. The van der Waals surface area contributed by atoms with Crippen LogP contribution in [0.25, 0.3) is 22.2 Å². The van der Waals surface area contributed by atoms with Crippen LogP contribution >= 0.6 is 0 Å². The Balaban J connectivity index is 1.49. The van der Waals surface area contributed by atoms with Gasteiger partial charge in [0.1, 0.15) is 40.8 Å². The van der Waals surface area contributed by atoms with Gasteiger partial charge in [0.25, 0.3) is 0 Å². The first-order valence-electron chi connectivity index (χ1n) is 18.3. The number of aliphatic carboxylic acids is 1. The lowest BCUT2D eigenvalue weighted by molar-refractivity contribution is -0.145. The van der Waals surface area contributed by atoms with Gasteiger partial charge in [-0.2, -0.15) is 0 Å². The van der Waals surface area contributed by atoms with Gasteiger partial charge < -0.3 is 45.1 Å². The summed E-state index contributed by atoms with van der Waals surface area (Å²) in [4.78, 5) is 74.7. The zero-order valence-electron chi connectivity index (χ0n) is 32.5. The van der Waals surface area contributed by atoms with Gasteiger partial charge in [-0.15, -0.1) is 6.58 Å². The quantitative estimate of drug-likeness (QED) is 0.131. The molecule has 0 spiro atoms. The lowest BCUT2D eigenvalue weighted by Gasteiger charge is -2.30. The molecule has 4 amide bonds. The normalized spacial score (nSPS) is 21.0. The van der Waals surface area contributed by atoms with Crippen molar-refractivity contribution < 1.29 is 43.3 Å². The molecule has 0 radical (unpaired) electrons. The molecule has 0 bridgehead atoms. The fourth-order valence-corrected chi connectivity index (χ4v) is 6.51. The van der Waals surface area contributed by atoms with Crippen LogP contribution in [-0.4, -0.2) is 120 Å². The molecule has 15 nitrogen and oxygen atoms in total. The largest absolute Gasteiger partial charge is 0.497 e. The van der Waals surface area contributed by atoms with E-state index in [4.69, 9.17) is 19.2 Å². The number of carbonyl (C=O) groups excluding carboxylic acids is 4. The number of methoxy groups -OCH3 is 1. The van der Waals surface area contributed by atoms with Crippen LogP contribution in [0.15, 0.2) is 79.4 Å². The number of benzene rings is 2. The first kappa shape index (κ1) is 41.2. The molecule has 15 heteroatoms. The van der Waals surface area contributed by atoms with E-state index in [1.807, 2.05) is 55.4 Å². The molecule has 4 N–H and O–H groups in total. The lowest BCUT2D eigenvalue weighted by atomic mass is 10.1. The molecule has 1 saturated carbocycles. The van der Waals surface area contributed by atoms with Gasteiger partial charge in [0, 0.05) is 54.6 Å². The number of nitrogens with zero attached hydrogens (tertiary/aromatic N) is 3. The van der Waals surface area contributed by atoms with E-state index in [0.717, 1.165) is 5.56 Å². The number of pyridine rings is 1. The lowest BCUT2D eigenvalue weighted by Crippen LogP contribution is -2.58. The van der Waals surface area contributed by atoms with Gasteiger partial charge in [-0.3, -0.25) is 14.4 Å². The number of fused-ring (bicyclic) bond motifs is 1. The van der Waals surface area contributed by atoms with Crippen LogP contribution in [0, 0.1) is 5.92 Å². The Morgan fingerprint density at radius 2 is 1.84 bits per heavy atom. The molecule has 1 saturated heterocycles. The Morgan fingerprint density at radius 3 is 2.46 bits per heavy atom. The predicted octanol–water partition coefficient (Wildman–Crippen LogP) is 3.53. The van der Waals surface area contributed by atoms with Crippen molar-refractivity contribution in [1.82, 2.24) is 30.7 Å². The third kappa shape index (κ3) is 10.0. The van der Waals surface area contributed by atoms with E-state index >= 15 is 0 Å². The Hall–Kier alpha value is -5.96. The monoisotopic (exact) mass is 770 g/mol. The summed E-state index contributed by atoms with van der Waals surface area (Å²) in [5.41, 5.74) is -0.440. The zero-order valence-corrected chi connectivity index (χ0v) is 32.5. The van der Waals surface area contributed by atoms with Gasteiger partial charge in [-0.25, -0.2) is 14.6 Å². The highest BCUT2D eigenvalue weighted by Gasteiger charge is 2.61. The number of aromatic nitrogens is 1. The van der Waals surface area contributed by atoms with Crippen LogP contribution < -0.4 is 25.4 Å². The number of nitrogens with one attached hydrogen (secondary N) is 3. The average molecular weight is 771 g/mol. The van der Waals surface area contributed by atoms with E-state index in [-0.39, 0.29) is 25.9 Å². The minimum absolute atomic E-state index is 0.0224. The SMILES string of the molecule is C=C[C@@H]1C[C@]1(NC(=O)[C@@H]1C[C@@H](Oc2cc(-c3ccccc3)nc3cc(OC)ccc23)CN1C(=O)[C@H](CNC(=O)C=CCN(C)C)NC(=O)OC(C)(C)C)C(=O)O. The smallest absolute Gasteiger partial charge is 0.408 e. The topological polar surface area (TPSA) is 189 Å². The first-order chi connectivity index (χ1) is 26.5. The van der Waals surface area contributed by atoms with Crippen LogP contribution in [0.1, 0.15) is 33.6 Å². The van der Waals surface area contributed by atoms with Gasteiger partial charge in [0.2, 0.25) is 17.7 Å². The summed E-state index contributed by atoms with van der Waals surface area (Å²) in [6.07, 6.45) is 2.87. The number of alkyl carbamates (subject to hydrolysis) is 1. The number of amides is 4. The minimum Gasteiger partial charge on any atom is -0.497 e. The number of ether oxygens (including phenoxy) is 3. The van der Waals surface area contributed by atoms with E-state index in [0.29, 0.717) is 34.6 Å². The second-order valence-electron chi connectivity index (χ2n) is 15.2. The number of carbonyl (C=O) groups is 5. The Morgan fingerprint density at radius 1 is 1.11 bits per heavy atom. The van der Waals surface area contributed by atoms with Crippen LogP contribution in [0.4, 0.5) is 4.79 Å². The number of hydrogen-bond acceptors (Lipinski definition) is 10. The number of rotatable bonds is 15. The Kier molecular flexibility index (Phi) is 12.7. The fourth-order valence-electron chi connectivity index (χ4n) is 6.51. The molecular weight excluding hydrogens is 720 g/mol. The molecule has 5 atom stereocenters. The highest BCUT2D eigenvalue weighted by molar-refractivity contribution is 5.97. The van der Waals surface area contributed by atoms with Crippen molar-refractivity contribution >= 4 is 40.7 Å². The maximum atomic E-state index is 14.5. The number of likely N-dealkylation sites (tertiary alicyclic amines) is 1. The molecule has 1 aliphatic heterocycles. The van der Waals surface area contributed by atoms with Crippen molar-refractivity contribution in [2.45, 2.75) is 62.9 Å². The van der Waals surface area contributed by atoms with E-state index in [1.54, 1.807) is 52.2 Å². The summed E-state index contributed by atoms with van der Waals surface area (Å²) in [5.74, 6) is -2.63. The van der Waals surface area contributed by atoms with Crippen molar-refractivity contribution in [1.29, 1.82) is 0 Å². The molecule has 56 heavy (non-hydrogen) atoms. The molecular formula is C41H50N6O9. The second kappa shape index (κ2) is 17.2. The minimum atomic E-state index is -1.57. The maximum Gasteiger partial charge on any atom is 0.408 e. The van der Waals surface area contributed by atoms with Gasteiger partial charge >= 0.3 is 12.1 Å². The fraction of sp³-hybridized carbons (Fsp3) is 0.415. The van der Waals surface area contributed by atoms with Gasteiger partial charge in [0.15, 0.2) is 0 Å². The van der Waals surface area contributed by atoms with Gasteiger partial charge in [-0.1, -0.05) is 42.5 Å². The van der Waals surface area contributed by atoms with E-state index < -0.39 is 65.0 Å². The van der Waals surface area contributed by atoms with Crippen molar-refractivity contribution in [3.8, 4) is 22.8 Å². The molecule has 5 rings (SSSR count). The molecule has 3 aromatic rings. The van der Waals surface area contributed by atoms with E-state index in [9.17, 15) is 29.1 Å². The van der Waals surface area contributed by atoms with Crippen molar-refractivity contribution in [3.05, 3.63) is 79.4 Å².